The Kier molecular flexibility index (Phi) is 8.91. The number of furan rings is 1. The van der Waals surface area contributed by atoms with E-state index < -0.39 is 18.0 Å². The number of aromatic carboxylic acids is 1. The number of aromatic nitrogens is 1. The SMILES string of the molecule is CCCC1=C(C(=O)OCC)[C@@H](c2cc(Cl)ccc2OC)n2c(s/c(=C/c3ccc(-c4ccc(C(=O)O)c(Cl)c4)o3)c2=O)=N1. The lowest BCUT2D eigenvalue weighted by Gasteiger charge is -2.27. The molecule has 2 aromatic heterocycles. The second-order valence-corrected chi connectivity index (χ2v) is 11.4. The van der Waals surface area contributed by atoms with Crippen molar-refractivity contribution in [3.63, 3.8) is 0 Å². The number of benzene rings is 2. The highest BCUT2D eigenvalue weighted by Gasteiger charge is 2.36. The summed E-state index contributed by atoms with van der Waals surface area (Å²) < 4.78 is 18.8. The van der Waals surface area contributed by atoms with Gasteiger partial charge in [-0.2, -0.15) is 0 Å². The summed E-state index contributed by atoms with van der Waals surface area (Å²) in [6.07, 6.45) is 2.80. The third kappa shape index (κ3) is 5.90. The molecule has 1 aliphatic rings. The molecule has 12 heteroatoms. The predicted octanol–water partition coefficient (Wildman–Crippen LogP) is 5.85. The van der Waals surface area contributed by atoms with E-state index in [-0.39, 0.29) is 28.3 Å². The van der Waals surface area contributed by atoms with Gasteiger partial charge >= 0.3 is 11.9 Å². The number of hydrogen-bond donors (Lipinski definition) is 1. The number of rotatable bonds is 9. The molecule has 0 bridgehead atoms. The van der Waals surface area contributed by atoms with Gasteiger partial charge in [-0.3, -0.25) is 9.36 Å². The molecule has 0 aliphatic carbocycles. The number of halogens is 2. The van der Waals surface area contributed by atoms with Crippen LogP contribution in [0, 0.1) is 0 Å². The average Bonchev–Trinajstić information content (AvgIpc) is 3.56. The number of ether oxygens (including phenoxy) is 2. The largest absolute Gasteiger partial charge is 0.496 e. The van der Waals surface area contributed by atoms with Gasteiger partial charge in [-0.15, -0.1) is 0 Å². The zero-order chi connectivity index (χ0) is 30.8. The summed E-state index contributed by atoms with van der Waals surface area (Å²) in [5, 5.41) is 9.74. The molecule has 0 unspecified atom stereocenters. The Hall–Kier alpha value is -4.12. The molecule has 1 atom stereocenters. The van der Waals surface area contributed by atoms with Crippen LogP contribution < -0.4 is 19.6 Å². The maximum atomic E-state index is 14.0. The fourth-order valence-electron chi connectivity index (χ4n) is 4.89. The molecule has 1 N–H and O–H groups in total. The maximum absolute atomic E-state index is 14.0. The molecule has 9 nitrogen and oxygen atoms in total. The normalized spacial score (nSPS) is 14.8. The lowest BCUT2D eigenvalue weighted by Crippen LogP contribution is -2.40. The fraction of sp³-hybridized carbons (Fsp3) is 0.226. The van der Waals surface area contributed by atoms with Crippen molar-refractivity contribution in [3.05, 3.63) is 106 Å². The zero-order valence-electron chi connectivity index (χ0n) is 23.4. The minimum absolute atomic E-state index is 0.0196. The summed E-state index contributed by atoms with van der Waals surface area (Å²) in [6.45, 7) is 3.84. The molecule has 43 heavy (non-hydrogen) atoms. The number of esters is 1. The van der Waals surface area contributed by atoms with E-state index in [2.05, 4.69) is 0 Å². The van der Waals surface area contributed by atoms with Gasteiger partial charge in [0.15, 0.2) is 4.80 Å². The molecule has 0 saturated carbocycles. The Morgan fingerprint density at radius 3 is 2.60 bits per heavy atom. The van der Waals surface area contributed by atoms with E-state index >= 15 is 0 Å². The number of carboxylic acids is 1. The summed E-state index contributed by atoms with van der Waals surface area (Å²) in [4.78, 5) is 43.9. The first-order valence-corrected chi connectivity index (χ1v) is 14.9. The fourth-order valence-corrected chi connectivity index (χ4v) is 6.33. The number of hydrogen-bond acceptors (Lipinski definition) is 8. The minimum Gasteiger partial charge on any atom is -0.496 e. The highest BCUT2D eigenvalue weighted by atomic mass is 35.5. The molecule has 1 aliphatic heterocycles. The minimum atomic E-state index is -1.13. The number of nitrogens with zero attached hydrogens (tertiary/aromatic N) is 2. The summed E-state index contributed by atoms with van der Waals surface area (Å²) >= 11 is 13.7. The average molecular weight is 642 g/mol. The van der Waals surface area contributed by atoms with Crippen molar-refractivity contribution in [2.45, 2.75) is 32.7 Å². The quantitative estimate of drug-likeness (QED) is 0.228. The van der Waals surface area contributed by atoms with Gasteiger partial charge in [0.2, 0.25) is 0 Å². The third-order valence-electron chi connectivity index (χ3n) is 6.76. The van der Waals surface area contributed by atoms with Crippen molar-refractivity contribution in [2.24, 2.45) is 4.99 Å². The molecular formula is C31H26Cl2N2O7S. The van der Waals surface area contributed by atoms with E-state index in [1.54, 1.807) is 49.4 Å². The molecular weight excluding hydrogens is 615 g/mol. The molecule has 3 heterocycles. The van der Waals surface area contributed by atoms with E-state index in [0.29, 0.717) is 61.3 Å². The van der Waals surface area contributed by atoms with Crippen LogP contribution in [-0.2, 0) is 9.53 Å². The monoisotopic (exact) mass is 640 g/mol. The van der Waals surface area contributed by atoms with E-state index in [1.807, 2.05) is 6.92 Å². The van der Waals surface area contributed by atoms with Gasteiger partial charge < -0.3 is 19.0 Å². The van der Waals surface area contributed by atoms with E-state index in [1.165, 1.54) is 23.8 Å². The van der Waals surface area contributed by atoms with Gasteiger partial charge in [0.1, 0.15) is 23.3 Å². The number of allylic oxidation sites excluding steroid dienone is 1. The highest BCUT2D eigenvalue weighted by Crippen LogP contribution is 2.38. The first-order valence-electron chi connectivity index (χ1n) is 13.3. The van der Waals surface area contributed by atoms with Crippen LogP contribution in [0.4, 0.5) is 0 Å². The topological polar surface area (TPSA) is 120 Å². The Morgan fingerprint density at radius 1 is 1.14 bits per heavy atom. The molecule has 0 fully saturated rings. The van der Waals surface area contributed by atoms with Crippen molar-refractivity contribution in [1.82, 2.24) is 4.57 Å². The Morgan fingerprint density at radius 2 is 1.93 bits per heavy atom. The van der Waals surface area contributed by atoms with Gasteiger partial charge in [0, 0.05) is 22.2 Å². The van der Waals surface area contributed by atoms with Crippen LogP contribution in [0.1, 0.15) is 54.4 Å². The second-order valence-electron chi connectivity index (χ2n) is 9.50. The van der Waals surface area contributed by atoms with Crippen molar-refractivity contribution >= 4 is 52.6 Å². The molecule has 0 spiro atoms. The van der Waals surface area contributed by atoms with E-state index in [4.69, 9.17) is 42.1 Å². The molecule has 0 amide bonds. The predicted molar refractivity (Wildman–Crippen MR) is 164 cm³/mol. The molecule has 0 saturated heterocycles. The first kappa shape index (κ1) is 30.3. The van der Waals surface area contributed by atoms with Crippen molar-refractivity contribution in [1.29, 1.82) is 0 Å². The Bertz CT molecular complexity index is 1950. The number of carbonyl (C=O) groups is 2. The molecule has 2 aromatic carbocycles. The number of thiazole rings is 1. The highest BCUT2D eigenvalue weighted by molar-refractivity contribution is 7.07. The van der Waals surface area contributed by atoms with Crippen LogP contribution >= 0.6 is 34.5 Å². The van der Waals surface area contributed by atoms with Crippen LogP contribution in [0.15, 0.2) is 74.0 Å². The zero-order valence-corrected chi connectivity index (χ0v) is 25.7. The molecule has 5 rings (SSSR count). The molecule has 222 valence electrons. The molecule has 0 radical (unpaired) electrons. The summed E-state index contributed by atoms with van der Waals surface area (Å²) in [6, 6.07) is 12.0. The van der Waals surface area contributed by atoms with Crippen molar-refractivity contribution < 1.29 is 28.6 Å². The maximum Gasteiger partial charge on any atom is 0.338 e. The third-order valence-corrected chi connectivity index (χ3v) is 8.29. The van der Waals surface area contributed by atoms with E-state index in [0.717, 1.165) is 11.3 Å². The van der Waals surface area contributed by atoms with Gasteiger partial charge in [0.25, 0.3) is 5.56 Å². The Balaban J connectivity index is 1.68. The summed E-state index contributed by atoms with van der Waals surface area (Å²) in [7, 11) is 1.51. The van der Waals surface area contributed by atoms with Gasteiger partial charge in [-0.1, -0.05) is 53.9 Å². The lowest BCUT2D eigenvalue weighted by molar-refractivity contribution is -0.139. The number of methoxy groups -OCH3 is 1. The second kappa shape index (κ2) is 12.6. The van der Waals surface area contributed by atoms with Crippen LogP contribution in [-0.4, -0.2) is 35.3 Å². The first-order chi connectivity index (χ1) is 20.7. The van der Waals surface area contributed by atoms with Gasteiger partial charge in [-0.05, 0) is 55.8 Å². The van der Waals surface area contributed by atoms with Crippen LogP contribution in [0.3, 0.4) is 0 Å². The Labute approximate surface area is 259 Å². The smallest absolute Gasteiger partial charge is 0.338 e. The van der Waals surface area contributed by atoms with Crippen LogP contribution in [0.2, 0.25) is 10.0 Å². The van der Waals surface area contributed by atoms with Crippen LogP contribution in [0.25, 0.3) is 17.4 Å². The van der Waals surface area contributed by atoms with Gasteiger partial charge in [0.05, 0.1) is 40.1 Å². The number of carbonyl (C=O) groups excluding carboxylic acids is 1. The standard InChI is InChI=1S/C31H26Cl2N2O7S/c1-4-6-22-26(30(39)41-5-2)27(20-14-17(32)8-11-24(20)40-3)35-28(36)25(43-31(35)34-22)15-18-9-12-23(42-18)16-7-10-19(29(37)38)21(33)13-16/h7-15,27H,4-6H2,1-3H3,(H,37,38)/b25-15+/t27-/m1/s1. The summed E-state index contributed by atoms with van der Waals surface area (Å²) in [5.41, 5.74) is 1.48. The van der Waals surface area contributed by atoms with Crippen LogP contribution in [0.5, 0.6) is 5.75 Å². The van der Waals surface area contributed by atoms with Crippen molar-refractivity contribution in [2.75, 3.05) is 13.7 Å². The van der Waals surface area contributed by atoms with Crippen molar-refractivity contribution in [3.8, 4) is 17.1 Å². The van der Waals surface area contributed by atoms with Gasteiger partial charge in [-0.25, -0.2) is 14.6 Å². The van der Waals surface area contributed by atoms with E-state index in [9.17, 15) is 19.5 Å². The number of carboxylic acid groups (broad SMARTS) is 1. The molecule has 4 aromatic rings. The lowest BCUT2D eigenvalue weighted by atomic mass is 9.93. The number of fused-ring (bicyclic) bond motifs is 1. The summed E-state index contributed by atoms with van der Waals surface area (Å²) in [5.74, 6) is -0.428.